The molecule has 0 unspecified atom stereocenters. The third-order valence-electron chi connectivity index (χ3n) is 3.10. The first-order valence-corrected chi connectivity index (χ1v) is 6.29. The molecule has 2 heterocycles. The zero-order valence-electron chi connectivity index (χ0n) is 10.9. The van der Waals surface area contributed by atoms with Gasteiger partial charge < -0.3 is 5.11 Å². The van der Waals surface area contributed by atoms with E-state index in [2.05, 4.69) is 23.9 Å². The van der Waals surface area contributed by atoms with Crippen LogP contribution in [0.4, 0.5) is 0 Å². The van der Waals surface area contributed by atoms with E-state index in [0.29, 0.717) is 0 Å². The highest BCUT2D eigenvalue weighted by Gasteiger charge is 2.14. The van der Waals surface area contributed by atoms with Crippen molar-refractivity contribution in [3.05, 3.63) is 42.6 Å². The summed E-state index contributed by atoms with van der Waals surface area (Å²) >= 11 is 0. The Balaban J connectivity index is 2.26. The topological polar surface area (TPSA) is 50.9 Å². The summed E-state index contributed by atoms with van der Waals surface area (Å²) in [5.41, 5.74) is 3.73. The van der Waals surface area contributed by atoms with Crippen molar-refractivity contribution >= 4 is 11.0 Å². The van der Waals surface area contributed by atoms with Crippen molar-refractivity contribution in [2.24, 2.45) is 0 Å². The average molecular weight is 253 g/mol. The number of phenolic OH excluding ortho intramolecular Hbond substituents is 1. The molecular formula is C15H15N3O. The first-order valence-electron chi connectivity index (χ1n) is 6.29. The van der Waals surface area contributed by atoms with E-state index in [1.165, 1.54) is 0 Å². The van der Waals surface area contributed by atoms with Crippen LogP contribution in [0.2, 0.25) is 0 Å². The number of hydrogen-bond acceptors (Lipinski definition) is 3. The molecule has 0 atom stereocenters. The first-order chi connectivity index (χ1) is 9.16. The zero-order chi connectivity index (χ0) is 13.4. The second-order valence-electron chi connectivity index (χ2n) is 4.80. The summed E-state index contributed by atoms with van der Waals surface area (Å²) in [7, 11) is 0. The van der Waals surface area contributed by atoms with Crippen molar-refractivity contribution in [2.45, 2.75) is 19.9 Å². The highest BCUT2D eigenvalue weighted by Crippen LogP contribution is 2.28. The summed E-state index contributed by atoms with van der Waals surface area (Å²) in [6.07, 6.45) is 1.78. The molecule has 0 aliphatic carbocycles. The maximum Gasteiger partial charge on any atom is 0.119 e. The Morgan fingerprint density at radius 1 is 1.11 bits per heavy atom. The highest BCUT2D eigenvalue weighted by molar-refractivity contribution is 5.89. The Morgan fingerprint density at radius 3 is 2.53 bits per heavy atom. The number of phenols is 1. The number of hydrogen-bond donors (Lipinski definition) is 1. The fourth-order valence-electron chi connectivity index (χ4n) is 2.18. The van der Waals surface area contributed by atoms with Gasteiger partial charge in [-0.1, -0.05) is 0 Å². The van der Waals surface area contributed by atoms with Crippen molar-refractivity contribution in [1.29, 1.82) is 0 Å². The third-order valence-corrected chi connectivity index (χ3v) is 3.10. The molecule has 0 spiro atoms. The van der Waals surface area contributed by atoms with Gasteiger partial charge in [0.25, 0.3) is 0 Å². The van der Waals surface area contributed by atoms with Crippen molar-refractivity contribution in [2.75, 3.05) is 0 Å². The Bertz CT molecular complexity index is 714. The average Bonchev–Trinajstić information content (AvgIpc) is 2.79. The molecule has 0 saturated carbocycles. The van der Waals surface area contributed by atoms with Crippen LogP contribution in [0.15, 0.2) is 42.6 Å². The summed E-state index contributed by atoms with van der Waals surface area (Å²) in [4.78, 5) is 4.44. The molecule has 3 rings (SSSR count). The third kappa shape index (κ3) is 1.95. The van der Waals surface area contributed by atoms with Gasteiger partial charge >= 0.3 is 0 Å². The van der Waals surface area contributed by atoms with Crippen LogP contribution in [0.5, 0.6) is 5.75 Å². The maximum absolute atomic E-state index is 9.37. The summed E-state index contributed by atoms with van der Waals surface area (Å²) < 4.78 is 1.98. The Kier molecular flexibility index (Phi) is 2.71. The van der Waals surface area contributed by atoms with Gasteiger partial charge in [0.1, 0.15) is 17.0 Å². The van der Waals surface area contributed by atoms with Crippen LogP contribution in [0.25, 0.3) is 22.3 Å². The van der Waals surface area contributed by atoms with Gasteiger partial charge in [0, 0.05) is 17.8 Å². The smallest absolute Gasteiger partial charge is 0.119 e. The van der Waals surface area contributed by atoms with Gasteiger partial charge in [-0.05, 0) is 50.2 Å². The number of aromatic hydroxyl groups is 1. The van der Waals surface area contributed by atoms with Crippen LogP contribution < -0.4 is 0 Å². The molecule has 0 fully saturated rings. The lowest BCUT2D eigenvalue weighted by atomic mass is 10.1. The fourth-order valence-corrected chi connectivity index (χ4v) is 2.18. The van der Waals surface area contributed by atoms with Crippen LogP contribution in [-0.2, 0) is 0 Å². The molecule has 0 aliphatic rings. The second-order valence-corrected chi connectivity index (χ2v) is 4.80. The standard InChI is InChI=1S/C15H15N3O/c1-10(2)18-13-4-3-9-16-15(13)14(17-18)11-5-7-12(19)8-6-11/h3-10,19H,1-2H3. The Morgan fingerprint density at radius 2 is 1.84 bits per heavy atom. The summed E-state index contributed by atoms with van der Waals surface area (Å²) in [6.45, 7) is 4.19. The van der Waals surface area contributed by atoms with Gasteiger partial charge in [-0.3, -0.25) is 9.67 Å². The molecule has 0 saturated heterocycles. The minimum Gasteiger partial charge on any atom is -0.508 e. The minimum absolute atomic E-state index is 0.254. The molecule has 4 nitrogen and oxygen atoms in total. The van der Waals surface area contributed by atoms with E-state index in [4.69, 9.17) is 0 Å². The van der Waals surface area contributed by atoms with Crippen LogP contribution >= 0.6 is 0 Å². The monoisotopic (exact) mass is 253 g/mol. The molecular weight excluding hydrogens is 238 g/mol. The molecule has 1 N–H and O–H groups in total. The quantitative estimate of drug-likeness (QED) is 0.761. The predicted molar refractivity (Wildman–Crippen MR) is 75.0 cm³/mol. The van der Waals surface area contributed by atoms with E-state index < -0.39 is 0 Å². The van der Waals surface area contributed by atoms with Crippen molar-refractivity contribution < 1.29 is 5.11 Å². The van der Waals surface area contributed by atoms with Crippen LogP contribution in [0, 0.1) is 0 Å². The van der Waals surface area contributed by atoms with Gasteiger partial charge in [-0.25, -0.2) is 0 Å². The first kappa shape index (κ1) is 11.7. The molecule has 0 aliphatic heterocycles. The van der Waals surface area contributed by atoms with Crippen LogP contribution in [-0.4, -0.2) is 19.9 Å². The summed E-state index contributed by atoms with van der Waals surface area (Å²) in [5, 5.41) is 14.0. The van der Waals surface area contributed by atoms with Gasteiger partial charge in [-0.2, -0.15) is 5.10 Å². The number of pyridine rings is 1. The van der Waals surface area contributed by atoms with E-state index >= 15 is 0 Å². The van der Waals surface area contributed by atoms with Crippen molar-refractivity contribution in [1.82, 2.24) is 14.8 Å². The second kappa shape index (κ2) is 4.39. The lowest BCUT2D eigenvalue weighted by Gasteiger charge is -2.05. The highest BCUT2D eigenvalue weighted by atomic mass is 16.3. The largest absolute Gasteiger partial charge is 0.508 e. The minimum atomic E-state index is 0.254. The number of fused-ring (bicyclic) bond motifs is 1. The molecule has 19 heavy (non-hydrogen) atoms. The Hall–Kier alpha value is -2.36. The zero-order valence-corrected chi connectivity index (χ0v) is 10.9. The van der Waals surface area contributed by atoms with E-state index in [0.717, 1.165) is 22.3 Å². The van der Waals surface area contributed by atoms with Crippen molar-refractivity contribution in [3.63, 3.8) is 0 Å². The normalized spacial score (nSPS) is 11.3. The number of rotatable bonds is 2. The SMILES string of the molecule is CC(C)n1nc(-c2ccc(O)cc2)c2ncccc21. The molecule has 2 aromatic heterocycles. The summed E-state index contributed by atoms with van der Waals surface area (Å²) in [6, 6.07) is 11.3. The lowest BCUT2D eigenvalue weighted by molar-refractivity contribution is 0.475. The fraction of sp³-hybridized carbons (Fsp3) is 0.200. The van der Waals surface area contributed by atoms with Gasteiger partial charge in [0.15, 0.2) is 0 Å². The molecule has 1 aromatic carbocycles. The van der Waals surface area contributed by atoms with Gasteiger partial charge in [0.05, 0.1) is 5.52 Å². The maximum atomic E-state index is 9.37. The molecule has 0 bridgehead atoms. The lowest BCUT2D eigenvalue weighted by Crippen LogP contribution is -2.02. The molecule has 0 radical (unpaired) electrons. The van der Waals surface area contributed by atoms with E-state index in [-0.39, 0.29) is 11.8 Å². The van der Waals surface area contributed by atoms with E-state index in [1.54, 1.807) is 18.3 Å². The molecule has 0 amide bonds. The number of nitrogens with zero attached hydrogens (tertiary/aromatic N) is 3. The summed E-state index contributed by atoms with van der Waals surface area (Å²) in [5.74, 6) is 0.254. The molecule has 3 aromatic rings. The molecule has 96 valence electrons. The van der Waals surface area contributed by atoms with Gasteiger partial charge in [0.2, 0.25) is 0 Å². The number of benzene rings is 1. The molecule has 4 heteroatoms. The van der Waals surface area contributed by atoms with Crippen LogP contribution in [0.3, 0.4) is 0 Å². The van der Waals surface area contributed by atoms with Gasteiger partial charge in [-0.15, -0.1) is 0 Å². The number of aromatic nitrogens is 3. The Labute approximate surface area is 111 Å². The van der Waals surface area contributed by atoms with E-state index in [1.807, 2.05) is 28.9 Å². The van der Waals surface area contributed by atoms with Crippen LogP contribution in [0.1, 0.15) is 19.9 Å². The van der Waals surface area contributed by atoms with E-state index in [9.17, 15) is 5.11 Å². The van der Waals surface area contributed by atoms with Crippen molar-refractivity contribution in [3.8, 4) is 17.0 Å². The predicted octanol–water partition coefficient (Wildman–Crippen LogP) is 3.38.